The maximum absolute atomic E-state index is 11.5. The molecule has 1 atom stereocenters. The minimum absolute atomic E-state index is 0.203. The van der Waals surface area contributed by atoms with Gasteiger partial charge in [0.25, 0.3) is 6.10 Å². The number of rotatable bonds is 6. The molecule has 0 aliphatic rings. The Hall–Kier alpha value is -2.04. The Labute approximate surface area is 106 Å². The lowest BCUT2D eigenvalue weighted by atomic mass is 10.2. The first-order valence-electron chi connectivity index (χ1n) is 5.56. The minimum atomic E-state index is -1.22. The fraction of sp³-hybridized carbons (Fsp3) is 0.385. The second kappa shape index (κ2) is 6.64. The fourth-order valence-corrected chi connectivity index (χ4v) is 1.31. The van der Waals surface area contributed by atoms with Gasteiger partial charge in [-0.05, 0) is 38.1 Å². The molecule has 0 fully saturated rings. The second-order valence-electron chi connectivity index (χ2n) is 3.54. The average Bonchev–Trinajstić information content (AvgIpc) is 2.36. The predicted molar refractivity (Wildman–Crippen MR) is 64.7 cm³/mol. The minimum Gasteiger partial charge on any atom is -0.497 e. The third-order valence-corrected chi connectivity index (χ3v) is 2.18. The SMILES string of the molecule is CCOC(=O)C(Oc1ccc(OC)cc1)C(C)=O. The van der Waals surface area contributed by atoms with Crippen LogP contribution in [0.3, 0.4) is 0 Å². The molecule has 5 nitrogen and oxygen atoms in total. The van der Waals surface area contributed by atoms with Crippen molar-refractivity contribution in [3.8, 4) is 11.5 Å². The second-order valence-corrected chi connectivity index (χ2v) is 3.54. The van der Waals surface area contributed by atoms with E-state index >= 15 is 0 Å². The molecule has 0 bridgehead atoms. The fourth-order valence-electron chi connectivity index (χ4n) is 1.31. The van der Waals surface area contributed by atoms with Crippen molar-refractivity contribution in [1.29, 1.82) is 0 Å². The molecule has 1 aromatic rings. The number of ether oxygens (including phenoxy) is 3. The van der Waals surface area contributed by atoms with E-state index in [-0.39, 0.29) is 6.61 Å². The Morgan fingerprint density at radius 3 is 2.17 bits per heavy atom. The van der Waals surface area contributed by atoms with Crippen molar-refractivity contribution in [2.75, 3.05) is 13.7 Å². The quantitative estimate of drug-likeness (QED) is 0.568. The van der Waals surface area contributed by atoms with Crippen molar-refractivity contribution >= 4 is 11.8 Å². The van der Waals surface area contributed by atoms with E-state index in [1.807, 2.05) is 0 Å². The predicted octanol–water partition coefficient (Wildman–Crippen LogP) is 1.59. The van der Waals surface area contributed by atoms with Crippen molar-refractivity contribution in [3.05, 3.63) is 24.3 Å². The van der Waals surface area contributed by atoms with E-state index in [0.29, 0.717) is 11.5 Å². The Morgan fingerprint density at radius 2 is 1.72 bits per heavy atom. The lowest BCUT2D eigenvalue weighted by Gasteiger charge is -2.15. The van der Waals surface area contributed by atoms with Gasteiger partial charge in [0.1, 0.15) is 11.5 Å². The summed E-state index contributed by atoms with van der Waals surface area (Å²) >= 11 is 0. The van der Waals surface area contributed by atoms with E-state index in [9.17, 15) is 9.59 Å². The monoisotopic (exact) mass is 252 g/mol. The molecular formula is C13H16O5. The van der Waals surface area contributed by atoms with Crippen molar-refractivity contribution in [3.63, 3.8) is 0 Å². The first-order valence-corrected chi connectivity index (χ1v) is 5.56. The van der Waals surface area contributed by atoms with Crippen molar-refractivity contribution < 1.29 is 23.8 Å². The maximum atomic E-state index is 11.5. The molecule has 0 aromatic heterocycles. The van der Waals surface area contributed by atoms with Crippen LogP contribution in [0.5, 0.6) is 11.5 Å². The van der Waals surface area contributed by atoms with E-state index < -0.39 is 17.9 Å². The van der Waals surface area contributed by atoms with Crippen LogP contribution in [-0.2, 0) is 14.3 Å². The summed E-state index contributed by atoms with van der Waals surface area (Å²) in [5, 5.41) is 0. The normalized spacial score (nSPS) is 11.5. The number of ketones is 1. The molecule has 0 saturated heterocycles. The zero-order chi connectivity index (χ0) is 13.5. The van der Waals surface area contributed by atoms with Crippen LogP contribution in [0, 0.1) is 0 Å². The number of esters is 1. The van der Waals surface area contributed by atoms with Gasteiger partial charge >= 0.3 is 5.97 Å². The Kier molecular flexibility index (Phi) is 5.17. The smallest absolute Gasteiger partial charge is 0.355 e. The molecule has 0 aliphatic heterocycles. The molecule has 0 saturated carbocycles. The van der Waals surface area contributed by atoms with Crippen LogP contribution in [0.1, 0.15) is 13.8 Å². The van der Waals surface area contributed by atoms with Crippen LogP contribution in [0.25, 0.3) is 0 Å². The summed E-state index contributed by atoms with van der Waals surface area (Å²) < 4.78 is 15.1. The molecule has 0 radical (unpaired) electrons. The third-order valence-electron chi connectivity index (χ3n) is 2.18. The van der Waals surface area contributed by atoms with Gasteiger partial charge in [0.15, 0.2) is 5.78 Å². The molecular weight excluding hydrogens is 236 g/mol. The van der Waals surface area contributed by atoms with Gasteiger partial charge in [-0.2, -0.15) is 0 Å². The van der Waals surface area contributed by atoms with E-state index in [1.54, 1.807) is 38.3 Å². The summed E-state index contributed by atoms with van der Waals surface area (Å²) in [5.74, 6) is -0.00741. The van der Waals surface area contributed by atoms with Crippen molar-refractivity contribution in [1.82, 2.24) is 0 Å². The van der Waals surface area contributed by atoms with Gasteiger partial charge in [-0.3, -0.25) is 4.79 Å². The zero-order valence-corrected chi connectivity index (χ0v) is 10.6. The molecule has 98 valence electrons. The molecule has 1 unspecified atom stereocenters. The molecule has 0 spiro atoms. The lowest BCUT2D eigenvalue weighted by Crippen LogP contribution is -2.35. The number of methoxy groups -OCH3 is 1. The number of hydrogen-bond acceptors (Lipinski definition) is 5. The van der Waals surface area contributed by atoms with Gasteiger partial charge in [0.05, 0.1) is 13.7 Å². The Bertz CT molecular complexity index is 410. The number of hydrogen-bond donors (Lipinski definition) is 0. The molecule has 0 heterocycles. The highest BCUT2D eigenvalue weighted by molar-refractivity contribution is 6.01. The molecule has 0 aliphatic carbocycles. The number of Topliss-reactive ketones (excluding diaryl/α,β-unsaturated/α-hetero) is 1. The van der Waals surface area contributed by atoms with E-state index in [0.717, 1.165) is 0 Å². The van der Waals surface area contributed by atoms with Crippen LogP contribution < -0.4 is 9.47 Å². The van der Waals surface area contributed by atoms with Crippen LogP contribution in [0.4, 0.5) is 0 Å². The van der Waals surface area contributed by atoms with Crippen LogP contribution in [-0.4, -0.2) is 31.6 Å². The number of carbonyl (C=O) groups is 2. The molecule has 1 aromatic carbocycles. The number of benzene rings is 1. The molecule has 5 heteroatoms. The Balaban J connectivity index is 2.76. The van der Waals surface area contributed by atoms with Crippen molar-refractivity contribution in [2.24, 2.45) is 0 Å². The van der Waals surface area contributed by atoms with E-state index in [4.69, 9.17) is 14.2 Å². The first-order chi connectivity index (χ1) is 8.58. The van der Waals surface area contributed by atoms with Crippen LogP contribution in [0.15, 0.2) is 24.3 Å². The third kappa shape index (κ3) is 3.76. The summed E-state index contributed by atoms with van der Waals surface area (Å²) in [6.45, 7) is 3.15. The van der Waals surface area contributed by atoms with Gasteiger partial charge in [0.2, 0.25) is 0 Å². The summed E-state index contributed by atoms with van der Waals surface area (Å²) in [4.78, 5) is 22.9. The van der Waals surface area contributed by atoms with Crippen LogP contribution in [0.2, 0.25) is 0 Å². The summed E-state index contributed by atoms with van der Waals surface area (Å²) in [6.07, 6.45) is -1.22. The van der Waals surface area contributed by atoms with Crippen LogP contribution >= 0.6 is 0 Å². The van der Waals surface area contributed by atoms with E-state index in [1.165, 1.54) is 6.92 Å². The maximum Gasteiger partial charge on any atom is 0.355 e. The lowest BCUT2D eigenvalue weighted by molar-refractivity contribution is -0.154. The first kappa shape index (κ1) is 14.0. The highest BCUT2D eigenvalue weighted by atomic mass is 16.6. The van der Waals surface area contributed by atoms with Gasteiger partial charge in [0, 0.05) is 0 Å². The largest absolute Gasteiger partial charge is 0.497 e. The molecule has 1 rings (SSSR count). The average molecular weight is 252 g/mol. The molecule has 0 N–H and O–H groups in total. The summed E-state index contributed by atoms with van der Waals surface area (Å²) in [7, 11) is 1.55. The van der Waals surface area contributed by atoms with Crippen molar-refractivity contribution in [2.45, 2.75) is 20.0 Å². The zero-order valence-electron chi connectivity index (χ0n) is 10.6. The van der Waals surface area contributed by atoms with Gasteiger partial charge in [-0.15, -0.1) is 0 Å². The van der Waals surface area contributed by atoms with E-state index in [2.05, 4.69) is 0 Å². The Morgan fingerprint density at radius 1 is 1.17 bits per heavy atom. The molecule has 0 amide bonds. The standard InChI is InChI=1S/C13H16O5/c1-4-17-13(15)12(9(2)14)18-11-7-5-10(16-3)6-8-11/h5-8,12H,4H2,1-3H3. The number of carbonyl (C=O) groups excluding carboxylic acids is 2. The molecule has 18 heavy (non-hydrogen) atoms. The topological polar surface area (TPSA) is 61.8 Å². The highest BCUT2D eigenvalue weighted by Crippen LogP contribution is 2.18. The van der Waals surface area contributed by atoms with Gasteiger partial charge < -0.3 is 14.2 Å². The van der Waals surface area contributed by atoms with Gasteiger partial charge in [-0.1, -0.05) is 0 Å². The highest BCUT2D eigenvalue weighted by Gasteiger charge is 2.26. The van der Waals surface area contributed by atoms with Gasteiger partial charge in [-0.25, -0.2) is 4.79 Å². The summed E-state index contributed by atoms with van der Waals surface area (Å²) in [6, 6.07) is 6.59. The summed E-state index contributed by atoms with van der Waals surface area (Å²) in [5.41, 5.74) is 0.